The van der Waals surface area contributed by atoms with Crippen molar-refractivity contribution in [2.75, 3.05) is 4.90 Å². The van der Waals surface area contributed by atoms with Crippen LogP contribution in [0.2, 0.25) is 0 Å². The third kappa shape index (κ3) is 4.85. The van der Waals surface area contributed by atoms with Crippen LogP contribution in [0.25, 0.3) is 45.0 Å². The molecule has 0 radical (unpaired) electrons. The lowest BCUT2D eigenvalue weighted by Crippen LogP contribution is -2.27. The summed E-state index contributed by atoms with van der Waals surface area (Å²) in [4.78, 5) is 17.6. The summed E-state index contributed by atoms with van der Waals surface area (Å²) in [6.07, 6.45) is 16.7. The van der Waals surface area contributed by atoms with Gasteiger partial charge < -0.3 is 4.90 Å². The number of fused-ring (bicyclic) bond motifs is 9. The molecule has 5 aromatic carbocycles. The van der Waals surface area contributed by atoms with E-state index in [1.165, 1.54) is 51.2 Å². The van der Waals surface area contributed by atoms with Crippen molar-refractivity contribution in [3.63, 3.8) is 0 Å². The van der Waals surface area contributed by atoms with E-state index in [2.05, 4.69) is 152 Å². The predicted octanol–water partition coefficient (Wildman–Crippen LogP) is 12.3. The zero-order valence-electron chi connectivity index (χ0n) is 29.6. The van der Waals surface area contributed by atoms with Crippen molar-refractivity contribution in [2.45, 2.75) is 50.4 Å². The monoisotopic (exact) mass is 672 g/mol. The number of anilines is 3. The van der Waals surface area contributed by atoms with Gasteiger partial charge in [-0.3, -0.25) is 0 Å². The van der Waals surface area contributed by atoms with Gasteiger partial charge in [0.15, 0.2) is 11.6 Å². The number of hydrogen-bond donors (Lipinski definition) is 0. The summed E-state index contributed by atoms with van der Waals surface area (Å²) < 4.78 is 0. The Labute approximate surface area is 306 Å². The number of para-hydroxylation sites is 1. The maximum atomic E-state index is 5.07. The van der Waals surface area contributed by atoms with E-state index in [4.69, 9.17) is 15.0 Å². The molecule has 52 heavy (non-hydrogen) atoms. The molecule has 4 heteroatoms. The molecule has 2 heterocycles. The standard InChI is InChI=1S/C48H40N4/c1-48(2)40-23-13-11-20-36(40)39-29-30-42-43(44(39)48)38-22-10-9-19-35(38)37-21-12-14-24-41(37)52(42)34-27-25-33(26-28-34)47-50-45(31-15-5-3-6-16-31)49-46(51-47)32-17-7-4-8-18-32/h3-12,14-17,19-22,24-30,32,36,40H,13,18,23H2,1-2H3. The van der Waals surface area contributed by atoms with Gasteiger partial charge in [0.05, 0.1) is 11.4 Å². The molecule has 0 fully saturated rings. The second-order valence-corrected chi connectivity index (χ2v) is 15.1. The Kier molecular flexibility index (Phi) is 7.21. The van der Waals surface area contributed by atoms with Gasteiger partial charge in [-0.1, -0.05) is 129 Å². The third-order valence-electron chi connectivity index (χ3n) is 11.8. The molecule has 3 aliphatic carbocycles. The van der Waals surface area contributed by atoms with Crippen molar-refractivity contribution in [2.24, 2.45) is 5.92 Å². The first-order valence-electron chi connectivity index (χ1n) is 18.6. The van der Waals surface area contributed by atoms with E-state index in [0.29, 0.717) is 23.5 Å². The van der Waals surface area contributed by atoms with Gasteiger partial charge in [0, 0.05) is 39.8 Å². The molecule has 1 aliphatic heterocycles. The Bertz CT molecular complexity index is 2440. The van der Waals surface area contributed by atoms with Gasteiger partial charge in [0.25, 0.3) is 0 Å². The minimum Gasteiger partial charge on any atom is -0.309 e. The van der Waals surface area contributed by atoms with E-state index in [1.54, 1.807) is 0 Å². The molecular weight excluding hydrogens is 633 g/mol. The van der Waals surface area contributed by atoms with Crippen LogP contribution in [0.4, 0.5) is 17.1 Å². The quantitative estimate of drug-likeness (QED) is 0.175. The molecule has 0 saturated heterocycles. The smallest absolute Gasteiger partial charge is 0.163 e. The van der Waals surface area contributed by atoms with Crippen LogP contribution in [0.15, 0.2) is 152 Å². The summed E-state index contributed by atoms with van der Waals surface area (Å²) in [5, 5.41) is 0. The predicted molar refractivity (Wildman–Crippen MR) is 213 cm³/mol. The number of hydrogen-bond acceptors (Lipinski definition) is 4. The van der Waals surface area contributed by atoms with Gasteiger partial charge in [-0.15, -0.1) is 0 Å². The van der Waals surface area contributed by atoms with Crippen molar-refractivity contribution < 1.29 is 0 Å². The van der Waals surface area contributed by atoms with Crippen molar-refractivity contribution in [1.82, 2.24) is 15.0 Å². The molecule has 1 aromatic heterocycles. The molecule has 4 aliphatic rings. The normalized spacial score (nSPS) is 20.3. The maximum Gasteiger partial charge on any atom is 0.163 e. The fraction of sp³-hybridized carbons (Fsp3) is 0.188. The fourth-order valence-electron chi connectivity index (χ4n) is 9.36. The summed E-state index contributed by atoms with van der Waals surface area (Å²) >= 11 is 0. The van der Waals surface area contributed by atoms with E-state index in [9.17, 15) is 0 Å². The Hall–Kier alpha value is -5.87. The molecule has 0 saturated carbocycles. The third-order valence-corrected chi connectivity index (χ3v) is 11.8. The summed E-state index contributed by atoms with van der Waals surface area (Å²) in [6, 6.07) is 41.8. The summed E-state index contributed by atoms with van der Waals surface area (Å²) in [5.74, 6) is 3.36. The van der Waals surface area contributed by atoms with Crippen molar-refractivity contribution in [1.29, 1.82) is 0 Å². The van der Waals surface area contributed by atoms with Crippen molar-refractivity contribution in [3.05, 3.63) is 169 Å². The molecule has 0 bridgehead atoms. The van der Waals surface area contributed by atoms with Gasteiger partial charge in [0.1, 0.15) is 5.82 Å². The molecule has 3 atom stereocenters. The number of benzene rings is 5. The average Bonchev–Trinajstić information content (AvgIpc) is 3.36. The van der Waals surface area contributed by atoms with Crippen LogP contribution in [0.5, 0.6) is 0 Å². The first kappa shape index (κ1) is 30.9. The molecule has 0 spiro atoms. The number of allylic oxidation sites excluding steroid dienone is 6. The summed E-state index contributed by atoms with van der Waals surface area (Å²) in [7, 11) is 0. The molecular formula is C48H40N4. The highest BCUT2D eigenvalue weighted by Gasteiger charge is 2.48. The lowest BCUT2D eigenvalue weighted by Gasteiger charge is -2.34. The maximum absolute atomic E-state index is 5.07. The molecule has 0 amide bonds. The molecule has 252 valence electrons. The van der Waals surface area contributed by atoms with E-state index < -0.39 is 0 Å². The van der Waals surface area contributed by atoms with Crippen molar-refractivity contribution in [3.8, 4) is 45.0 Å². The largest absolute Gasteiger partial charge is 0.309 e. The number of rotatable bonds is 4. The number of nitrogens with zero attached hydrogens (tertiary/aromatic N) is 4. The minimum absolute atomic E-state index is 0.0332. The highest BCUT2D eigenvalue weighted by atomic mass is 15.2. The van der Waals surface area contributed by atoms with Gasteiger partial charge in [-0.05, 0) is 89.2 Å². The molecule has 3 unspecified atom stereocenters. The average molecular weight is 673 g/mol. The fourth-order valence-corrected chi connectivity index (χ4v) is 9.36. The second kappa shape index (κ2) is 12.1. The lowest BCUT2D eigenvalue weighted by atomic mass is 9.70. The summed E-state index contributed by atoms with van der Waals surface area (Å²) in [5.41, 5.74) is 13.7. The highest BCUT2D eigenvalue weighted by Crippen LogP contribution is 2.61. The molecule has 4 nitrogen and oxygen atoms in total. The first-order chi connectivity index (χ1) is 25.6. The van der Waals surface area contributed by atoms with Crippen LogP contribution < -0.4 is 4.90 Å². The van der Waals surface area contributed by atoms with Crippen molar-refractivity contribution >= 4 is 17.1 Å². The zero-order valence-corrected chi connectivity index (χ0v) is 29.6. The van der Waals surface area contributed by atoms with E-state index >= 15 is 0 Å². The van der Waals surface area contributed by atoms with E-state index in [0.717, 1.165) is 35.5 Å². The summed E-state index contributed by atoms with van der Waals surface area (Å²) in [6.45, 7) is 4.98. The van der Waals surface area contributed by atoms with E-state index in [1.807, 2.05) is 18.2 Å². The number of aromatic nitrogens is 3. The van der Waals surface area contributed by atoms with Gasteiger partial charge >= 0.3 is 0 Å². The van der Waals surface area contributed by atoms with Crippen LogP contribution in [-0.2, 0) is 5.41 Å². The SMILES string of the molecule is CC1(C)c2c(ccc3c2-c2ccccc2-c2ccccc2N3c2ccc(-c3nc(-c4ccccc4)nc(C4C=CC=CC4)n3)cc2)C2C=CCCC21. The molecule has 6 aromatic rings. The van der Waals surface area contributed by atoms with Crippen LogP contribution in [0, 0.1) is 5.92 Å². The van der Waals surface area contributed by atoms with Crippen LogP contribution in [0.3, 0.4) is 0 Å². The minimum atomic E-state index is 0.0332. The Morgan fingerprint density at radius 2 is 1.33 bits per heavy atom. The topological polar surface area (TPSA) is 41.9 Å². The Morgan fingerprint density at radius 1 is 0.615 bits per heavy atom. The zero-order chi connectivity index (χ0) is 34.8. The van der Waals surface area contributed by atoms with Crippen LogP contribution >= 0.6 is 0 Å². The van der Waals surface area contributed by atoms with Crippen LogP contribution in [-0.4, -0.2) is 15.0 Å². The van der Waals surface area contributed by atoms with Gasteiger partial charge in [-0.25, -0.2) is 15.0 Å². The second-order valence-electron chi connectivity index (χ2n) is 15.1. The first-order valence-corrected chi connectivity index (χ1v) is 18.6. The highest BCUT2D eigenvalue weighted by molar-refractivity contribution is 6.04. The van der Waals surface area contributed by atoms with E-state index in [-0.39, 0.29) is 11.3 Å². The molecule has 10 rings (SSSR count). The molecule has 0 N–H and O–H groups in total. The Balaban J connectivity index is 1.14. The lowest BCUT2D eigenvalue weighted by molar-refractivity contribution is 0.301. The van der Waals surface area contributed by atoms with Gasteiger partial charge in [-0.2, -0.15) is 0 Å². The van der Waals surface area contributed by atoms with Crippen LogP contribution in [0.1, 0.15) is 61.9 Å². The van der Waals surface area contributed by atoms with Gasteiger partial charge in [0.2, 0.25) is 0 Å². The Morgan fingerprint density at radius 3 is 2.10 bits per heavy atom.